The first-order valence-electron chi connectivity index (χ1n) is 8.88. The Labute approximate surface area is 192 Å². The molecule has 0 saturated heterocycles. The number of ether oxygens (including phenoxy) is 1. The number of para-hydroxylation sites is 1. The largest absolute Gasteiger partial charge is 0.488 e. The Morgan fingerprint density at radius 3 is 2.12 bits per heavy atom. The molecule has 0 heterocycles. The summed E-state index contributed by atoms with van der Waals surface area (Å²) in [5.41, 5.74) is -1.56. The van der Waals surface area contributed by atoms with Crippen LogP contribution in [-0.2, 0) is 12.8 Å². The van der Waals surface area contributed by atoms with E-state index in [1.165, 1.54) is 12.1 Å². The van der Waals surface area contributed by atoms with E-state index in [-0.39, 0.29) is 17.9 Å². The first-order valence-corrected chi connectivity index (χ1v) is 9.64. The molecular formula is C21H11Cl2F7N2O. The van der Waals surface area contributed by atoms with Crippen LogP contribution in [0.3, 0.4) is 0 Å². The van der Waals surface area contributed by atoms with E-state index >= 15 is 0 Å². The fraction of sp³-hybridized carbons (Fsp3) is 0.0952. The smallest absolute Gasteiger partial charge is 0.422 e. The highest BCUT2D eigenvalue weighted by atomic mass is 35.5. The maximum absolute atomic E-state index is 13.9. The lowest BCUT2D eigenvalue weighted by atomic mass is 10.1. The first kappa shape index (κ1) is 24.7. The van der Waals surface area contributed by atoms with Crippen molar-refractivity contribution in [2.75, 3.05) is 5.43 Å². The van der Waals surface area contributed by atoms with E-state index in [9.17, 15) is 30.7 Å². The fourth-order valence-corrected chi connectivity index (χ4v) is 2.97. The van der Waals surface area contributed by atoms with E-state index in [1.54, 1.807) is 35.8 Å². The van der Waals surface area contributed by atoms with Gasteiger partial charge in [0.05, 0.1) is 16.3 Å². The second-order valence-corrected chi connectivity index (χ2v) is 7.26. The zero-order chi connectivity index (χ0) is 24.3. The van der Waals surface area contributed by atoms with Gasteiger partial charge < -0.3 is 4.74 Å². The van der Waals surface area contributed by atoms with Crippen molar-refractivity contribution in [2.45, 2.75) is 12.8 Å². The van der Waals surface area contributed by atoms with Crippen LogP contribution in [0.5, 0.6) is 5.75 Å². The first-order chi connectivity index (χ1) is 15.5. The van der Waals surface area contributed by atoms with Gasteiger partial charge in [-0.1, -0.05) is 41.4 Å². The Morgan fingerprint density at radius 1 is 0.879 bits per heavy atom. The predicted molar refractivity (Wildman–Crippen MR) is 110 cm³/mol. The lowest BCUT2D eigenvalue weighted by Crippen LogP contribution is -2.16. The molecule has 3 rings (SSSR count). The van der Waals surface area contributed by atoms with E-state index in [0.29, 0.717) is 15.6 Å². The summed E-state index contributed by atoms with van der Waals surface area (Å²) in [6.45, 7) is 0.0632. The van der Waals surface area contributed by atoms with Crippen molar-refractivity contribution in [1.29, 1.82) is 0 Å². The molecule has 0 fully saturated rings. The van der Waals surface area contributed by atoms with Crippen LogP contribution in [0.2, 0.25) is 10.0 Å². The molecule has 3 aromatic carbocycles. The lowest BCUT2D eigenvalue weighted by molar-refractivity contribution is -0.143. The van der Waals surface area contributed by atoms with Crippen LogP contribution in [0.15, 0.2) is 47.6 Å². The minimum Gasteiger partial charge on any atom is -0.488 e. The van der Waals surface area contributed by atoms with Crippen LogP contribution in [-0.4, -0.2) is 6.21 Å². The normalized spacial score (nSPS) is 11.8. The Balaban J connectivity index is 1.81. The van der Waals surface area contributed by atoms with Crippen molar-refractivity contribution < 1.29 is 35.5 Å². The number of hydrogen-bond acceptors (Lipinski definition) is 3. The monoisotopic (exact) mass is 510 g/mol. The van der Waals surface area contributed by atoms with Gasteiger partial charge in [-0.3, -0.25) is 5.43 Å². The number of anilines is 1. The summed E-state index contributed by atoms with van der Waals surface area (Å²) in [6, 6.07) is 11.1. The van der Waals surface area contributed by atoms with E-state index in [1.807, 2.05) is 0 Å². The van der Waals surface area contributed by atoms with Gasteiger partial charge in [0.25, 0.3) is 0 Å². The van der Waals surface area contributed by atoms with Crippen LogP contribution in [0.1, 0.15) is 16.7 Å². The van der Waals surface area contributed by atoms with E-state index in [2.05, 4.69) is 5.10 Å². The van der Waals surface area contributed by atoms with Crippen molar-refractivity contribution in [3.8, 4) is 5.75 Å². The summed E-state index contributed by atoms with van der Waals surface area (Å²) in [5.74, 6) is -9.47. The van der Waals surface area contributed by atoms with Gasteiger partial charge in [-0.25, -0.2) is 17.6 Å². The third-order valence-electron chi connectivity index (χ3n) is 4.22. The molecule has 1 N–H and O–H groups in total. The van der Waals surface area contributed by atoms with Crippen molar-refractivity contribution in [3.63, 3.8) is 0 Å². The molecule has 0 aliphatic carbocycles. The standard InChI is InChI=1S/C21H11Cl2F7N2O/c22-12-6-5-10(7-13(12)23)9-33-14-4-2-1-3-11(14)8-31-32-20-18(26)16(24)15(21(28,29)30)17(25)19(20)27/h1-8,32H,9H2/b31-8-. The molecule has 33 heavy (non-hydrogen) atoms. The van der Waals surface area contributed by atoms with Gasteiger partial charge in [0, 0.05) is 5.56 Å². The van der Waals surface area contributed by atoms with E-state index < -0.39 is 40.7 Å². The van der Waals surface area contributed by atoms with Crippen molar-refractivity contribution in [2.24, 2.45) is 5.10 Å². The molecule has 0 amide bonds. The summed E-state index contributed by atoms with van der Waals surface area (Å²) < 4.78 is 98.9. The molecule has 0 aromatic heterocycles. The van der Waals surface area contributed by atoms with Crippen LogP contribution < -0.4 is 10.2 Å². The molecule has 0 aliphatic heterocycles. The molecule has 0 atom stereocenters. The average molecular weight is 511 g/mol. The summed E-state index contributed by atoms with van der Waals surface area (Å²) in [6.07, 6.45) is -4.64. The predicted octanol–water partition coefficient (Wildman–Crippen LogP) is 7.59. The topological polar surface area (TPSA) is 33.6 Å². The molecule has 0 saturated carbocycles. The van der Waals surface area contributed by atoms with Gasteiger partial charge in [0.15, 0.2) is 23.3 Å². The van der Waals surface area contributed by atoms with Crippen LogP contribution in [0.25, 0.3) is 0 Å². The molecule has 174 valence electrons. The molecule has 0 unspecified atom stereocenters. The third kappa shape index (κ3) is 5.51. The highest BCUT2D eigenvalue weighted by Crippen LogP contribution is 2.38. The zero-order valence-electron chi connectivity index (χ0n) is 16.1. The molecule has 3 aromatic rings. The minimum absolute atomic E-state index is 0.0632. The summed E-state index contributed by atoms with van der Waals surface area (Å²) >= 11 is 11.8. The van der Waals surface area contributed by atoms with Crippen LogP contribution in [0.4, 0.5) is 36.4 Å². The van der Waals surface area contributed by atoms with Crippen LogP contribution >= 0.6 is 23.2 Å². The van der Waals surface area contributed by atoms with Crippen molar-refractivity contribution in [3.05, 3.63) is 92.5 Å². The highest BCUT2D eigenvalue weighted by Gasteiger charge is 2.42. The molecule has 0 spiro atoms. The van der Waals surface area contributed by atoms with E-state index in [0.717, 1.165) is 6.21 Å². The van der Waals surface area contributed by atoms with Gasteiger partial charge in [-0.05, 0) is 29.8 Å². The summed E-state index contributed by atoms with van der Waals surface area (Å²) in [4.78, 5) is 0. The van der Waals surface area contributed by atoms with Crippen molar-refractivity contribution >= 4 is 35.1 Å². The summed E-state index contributed by atoms with van der Waals surface area (Å²) in [7, 11) is 0. The number of rotatable bonds is 6. The molecular weight excluding hydrogens is 500 g/mol. The molecule has 12 heteroatoms. The Bertz CT molecular complexity index is 1190. The zero-order valence-corrected chi connectivity index (χ0v) is 17.6. The molecule has 0 bridgehead atoms. The second-order valence-electron chi connectivity index (χ2n) is 6.45. The van der Waals surface area contributed by atoms with Gasteiger partial charge >= 0.3 is 6.18 Å². The molecule has 0 radical (unpaired) electrons. The van der Waals surface area contributed by atoms with E-state index in [4.69, 9.17) is 27.9 Å². The number of alkyl halides is 3. The quantitative estimate of drug-likeness (QED) is 0.160. The van der Waals surface area contributed by atoms with Crippen LogP contribution in [0, 0.1) is 23.3 Å². The van der Waals surface area contributed by atoms with Crippen molar-refractivity contribution in [1.82, 2.24) is 0 Å². The lowest BCUT2D eigenvalue weighted by Gasteiger charge is -2.13. The van der Waals surface area contributed by atoms with Gasteiger partial charge in [0.1, 0.15) is 23.6 Å². The number of benzene rings is 3. The highest BCUT2D eigenvalue weighted by molar-refractivity contribution is 6.42. The second kappa shape index (κ2) is 9.88. The number of nitrogens with one attached hydrogen (secondary N) is 1. The Kier molecular flexibility index (Phi) is 7.38. The molecule has 0 aliphatic rings. The number of hydrazone groups is 1. The Hall–Kier alpha value is -2.98. The average Bonchev–Trinajstić information content (AvgIpc) is 2.75. The maximum Gasteiger partial charge on any atom is 0.422 e. The SMILES string of the molecule is Fc1c(F)c(C(F)(F)F)c(F)c(F)c1N/N=C\c1ccccc1OCc1ccc(Cl)c(Cl)c1. The minimum atomic E-state index is -5.64. The number of nitrogens with zero attached hydrogens (tertiary/aromatic N) is 1. The number of hydrogen-bond donors (Lipinski definition) is 1. The maximum atomic E-state index is 13.9. The van der Waals surface area contributed by atoms with Gasteiger partial charge in [0.2, 0.25) is 0 Å². The van der Waals surface area contributed by atoms with Gasteiger partial charge in [-0.2, -0.15) is 18.3 Å². The van der Waals surface area contributed by atoms with Gasteiger partial charge in [-0.15, -0.1) is 0 Å². The third-order valence-corrected chi connectivity index (χ3v) is 4.96. The Morgan fingerprint density at radius 2 is 1.52 bits per heavy atom. The summed E-state index contributed by atoms with van der Waals surface area (Å²) in [5, 5.41) is 4.13. The molecule has 3 nitrogen and oxygen atoms in total. The fourth-order valence-electron chi connectivity index (χ4n) is 2.65. The number of halogens is 9.